The Morgan fingerprint density at radius 3 is 2.38 bits per heavy atom. The van der Waals surface area contributed by atoms with Crippen molar-refractivity contribution >= 4 is 40.0 Å². The average molecular weight is 751 g/mol. The van der Waals surface area contributed by atoms with Crippen molar-refractivity contribution in [3.05, 3.63) is 101 Å². The topological polar surface area (TPSA) is 133 Å². The number of hydrogen-bond acceptors (Lipinski definition) is 10. The molecule has 3 amide bonds. The highest BCUT2D eigenvalue weighted by Crippen LogP contribution is 2.41. The van der Waals surface area contributed by atoms with E-state index in [4.69, 9.17) is 0 Å². The van der Waals surface area contributed by atoms with Crippen LogP contribution in [0.4, 0.5) is 24.7 Å². The standard InChI is InChI=1S/C39H37F3N10O3/c1-23-43-22-51(47-23)38-44-32(39(40,41)42)18-33(45-38)50-15-13-49(14-16-50)27-20-48(21-27)19-25-7-5-24(6-8-25)17-26-9-10-30-35-28(26)3-2-4-29(35)37(55)52(30)31-11-12-34(53)46-36(31)54/h2-10,18,22,27,31H,11-17,19-21H2,1H3,(H,46,53,54). The van der Waals surface area contributed by atoms with Crippen molar-refractivity contribution in [2.45, 2.75) is 51.0 Å². The number of carbonyl (C=O) groups excluding carboxylic acids is 3. The monoisotopic (exact) mass is 750 g/mol. The molecule has 13 nitrogen and oxygen atoms in total. The van der Waals surface area contributed by atoms with E-state index >= 15 is 0 Å². The van der Waals surface area contributed by atoms with Gasteiger partial charge in [0.15, 0.2) is 5.69 Å². The maximum Gasteiger partial charge on any atom is 0.433 e. The molecule has 2 aromatic heterocycles. The summed E-state index contributed by atoms with van der Waals surface area (Å²) in [4.78, 5) is 58.3. The zero-order valence-corrected chi connectivity index (χ0v) is 30.0. The summed E-state index contributed by atoms with van der Waals surface area (Å²) in [6, 6.07) is 18.9. The van der Waals surface area contributed by atoms with E-state index in [0.29, 0.717) is 49.0 Å². The van der Waals surface area contributed by atoms with E-state index in [9.17, 15) is 27.6 Å². The minimum Gasteiger partial charge on any atom is -0.354 e. The van der Waals surface area contributed by atoms with Gasteiger partial charge in [-0.2, -0.15) is 22.8 Å². The van der Waals surface area contributed by atoms with Gasteiger partial charge in [-0.25, -0.2) is 9.97 Å². The number of aryl methyl sites for hydroxylation is 1. The fraction of sp³-hybridized carbons (Fsp3) is 0.359. The summed E-state index contributed by atoms with van der Waals surface area (Å²) in [5.41, 5.74) is 3.71. The Hall–Kier alpha value is -5.74. The van der Waals surface area contributed by atoms with Gasteiger partial charge in [0.25, 0.3) is 11.9 Å². The van der Waals surface area contributed by atoms with Crippen molar-refractivity contribution in [2.24, 2.45) is 0 Å². The Bertz CT molecular complexity index is 2330. The van der Waals surface area contributed by atoms with Gasteiger partial charge in [-0.1, -0.05) is 42.5 Å². The summed E-state index contributed by atoms with van der Waals surface area (Å²) in [7, 11) is 0. The van der Waals surface area contributed by atoms with E-state index in [1.54, 1.807) is 17.9 Å². The summed E-state index contributed by atoms with van der Waals surface area (Å²) < 4.78 is 42.4. The van der Waals surface area contributed by atoms with Crippen LogP contribution in [-0.4, -0.2) is 104 Å². The number of nitrogens with zero attached hydrogens (tertiary/aromatic N) is 9. The summed E-state index contributed by atoms with van der Waals surface area (Å²) in [5.74, 6) is -0.492. The molecule has 1 unspecified atom stereocenters. The normalized spacial score (nSPS) is 19.7. The van der Waals surface area contributed by atoms with Crippen molar-refractivity contribution in [2.75, 3.05) is 49.1 Å². The number of alkyl halides is 3. The van der Waals surface area contributed by atoms with E-state index in [-0.39, 0.29) is 30.0 Å². The van der Waals surface area contributed by atoms with Crippen molar-refractivity contribution in [3.8, 4) is 5.95 Å². The number of hydrogen-bond donors (Lipinski definition) is 1. The molecular formula is C39H37F3N10O3. The van der Waals surface area contributed by atoms with Crippen molar-refractivity contribution < 1.29 is 27.6 Å². The van der Waals surface area contributed by atoms with Gasteiger partial charge in [0.1, 0.15) is 24.0 Å². The number of piperidine rings is 1. The number of anilines is 2. The molecule has 9 rings (SSSR count). The molecule has 1 N–H and O–H groups in total. The molecule has 4 aliphatic rings. The molecular weight excluding hydrogens is 713 g/mol. The quantitative estimate of drug-likeness (QED) is 0.233. The second kappa shape index (κ2) is 13.5. The smallest absolute Gasteiger partial charge is 0.354 e. The average Bonchev–Trinajstić information content (AvgIpc) is 3.72. The first-order valence-corrected chi connectivity index (χ1v) is 18.3. The van der Waals surface area contributed by atoms with Crippen LogP contribution < -0.4 is 15.1 Å². The maximum absolute atomic E-state index is 13.7. The van der Waals surface area contributed by atoms with E-state index in [1.807, 2.05) is 29.2 Å². The molecule has 6 heterocycles. The number of piperazine rings is 1. The van der Waals surface area contributed by atoms with Gasteiger partial charge in [0.2, 0.25) is 11.8 Å². The maximum atomic E-state index is 13.7. The van der Waals surface area contributed by atoms with Crippen LogP contribution in [0.3, 0.4) is 0 Å². The number of amides is 3. The van der Waals surface area contributed by atoms with Crippen molar-refractivity contribution in [1.29, 1.82) is 0 Å². The zero-order chi connectivity index (χ0) is 38.0. The van der Waals surface area contributed by atoms with Gasteiger partial charge in [-0.15, -0.1) is 5.10 Å². The number of rotatable bonds is 8. The fourth-order valence-electron chi connectivity index (χ4n) is 8.19. The number of carbonyl (C=O) groups is 3. The van der Waals surface area contributed by atoms with Crippen LogP contribution in [0.2, 0.25) is 0 Å². The number of imide groups is 1. The number of aromatic nitrogens is 5. The first-order chi connectivity index (χ1) is 26.5. The highest BCUT2D eigenvalue weighted by molar-refractivity contribution is 6.27. The third-order valence-corrected chi connectivity index (χ3v) is 11.1. The van der Waals surface area contributed by atoms with Crippen LogP contribution in [0.1, 0.15) is 51.4 Å². The summed E-state index contributed by atoms with van der Waals surface area (Å²) in [6.07, 6.45) is -2.14. The number of benzene rings is 3. The van der Waals surface area contributed by atoms with E-state index in [1.165, 1.54) is 16.6 Å². The highest BCUT2D eigenvalue weighted by atomic mass is 19.4. The molecule has 0 radical (unpaired) electrons. The Morgan fingerprint density at radius 2 is 1.67 bits per heavy atom. The van der Waals surface area contributed by atoms with Gasteiger partial charge in [0, 0.05) is 75.3 Å². The van der Waals surface area contributed by atoms with Gasteiger partial charge < -0.3 is 4.90 Å². The molecule has 0 saturated carbocycles. The number of likely N-dealkylation sites (tertiary alicyclic amines) is 1. The van der Waals surface area contributed by atoms with Crippen LogP contribution in [0, 0.1) is 6.92 Å². The molecule has 0 aliphatic carbocycles. The number of nitrogens with one attached hydrogen (secondary N) is 1. The molecule has 1 atom stereocenters. The fourth-order valence-corrected chi connectivity index (χ4v) is 8.19. The molecule has 3 fully saturated rings. The van der Waals surface area contributed by atoms with Gasteiger partial charge in [-0.3, -0.25) is 34.4 Å². The number of halogens is 3. The summed E-state index contributed by atoms with van der Waals surface area (Å²) >= 11 is 0. The Balaban J connectivity index is 0.802. The molecule has 3 aromatic carbocycles. The Labute approximate surface area is 313 Å². The third kappa shape index (κ3) is 6.58. The lowest BCUT2D eigenvalue weighted by molar-refractivity contribution is -0.141. The second-order valence-electron chi connectivity index (χ2n) is 14.6. The van der Waals surface area contributed by atoms with E-state index in [0.717, 1.165) is 60.7 Å². The van der Waals surface area contributed by atoms with E-state index in [2.05, 4.69) is 59.4 Å². The molecule has 16 heteroatoms. The lowest BCUT2D eigenvalue weighted by Gasteiger charge is -2.48. The lowest BCUT2D eigenvalue weighted by Crippen LogP contribution is -2.62. The molecule has 0 spiro atoms. The molecule has 5 aromatic rings. The predicted molar refractivity (Wildman–Crippen MR) is 196 cm³/mol. The van der Waals surface area contributed by atoms with Crippen LogP contribution in [0.25, 0.3) is 16.7 Å². The summed E-state index contributed by atoms with van der Waals surface area (Å²) in [6.45, 7) is 6.84. The van der Waals surface area contributed by atoms with Gasteiger partial charge >= 0.3 is 6.18 Å². The van der Waals surface area contributed by atoms with Crippen LogP contribution >= 0.6 is 0 Å². The highest BCUT2D eigenvalue weighted by Gasteiger charge is 2.41. The first kappa shape index (κ1) is 35.0. The SMILES string of the molecule is Cc1ncn(-c2nc(N3CCN(C4CN(Cc5ccc(Cc6ccc7c8c(cccc68)C(=O)N7C6CCC(=O)NC6=O)cc5)C4)CC3)cc(C(F)(F)F)n2)n1. The largest absolute Gasteiger partial charge is 0.433 e. The lowest BCUT2D eigenvalue weighted by atomic mass is 9.95. The van der Waals surface area contributed by atoms with Crippen LogP contribution in [0.15, 0.2) is 67.0 Å². The van der Waals surface area contributed by atoms with Crippen LogP contribution in [-0.2, 0) is 28.7 Å². The van der Waals surface area contributed by atoms with E-state index < -0.39 is 23.8 Å². The predicted octanol–water partition coefficient (Wildman–Crippen LogP) is 3.90. The molecule has 0 bridgehead atoms. The molecule has 55 heavy (non-hydrogen) atoms. The molecule has 4 aliphatic heterocycles. The van der Waals surface area contributed by atoms with Crippen LogP contribution in [0.5, 0.6) is 0 Å². The van der Waals surface area contributed by atoms with Crippen molar-refractivity contribution in [3.63, 3.8) is 0 Å². The molecule has 3 saturated heterocycles. The zero-order valence-electron chi connectivity index (χ0n) is 30.0. The Kier molecular flexibility index (Phi) is 8.61. The summed E-state index contributed by atoms with van der Waals surface area (Å²) in [5, 5.41) is 8.29. The second-order valence-corrected chi connectivity index (χ2v) is 14.6. The third-order valence-electron chi connectivity index (χ3n) is 11.1. The Morgan fingerprint density at radius 1 is 0.909 bits per heavy atom. The molecule has 282 valence electrons. The van der Waals surface area contributed by atoms with Gasteiger partial charge in [-0.05, 0) is 54.0 Å². The van der Waals surface area contributed by atoms with Crippen molar-refractivity contribution in [1.82, 2.24) is 39.8 Å². The first-order valence-electron chi connectivity index (χ1n) is 18.3. The van der Waals surface area contributed by atoms with Gasteiger partial charge in [0.05, 0.1) is 5.69 Å². The minimum absolute atomic E-state index is 0.158. The minimum atomic E-state index is -4.62.